The minimum absolute atomic E-state index is 0.0756. The highest BCUT2D eigenvalue weighted by Crippen LogP contribution is 2.26. The van der Waals surface area contributed by atoms with E-state index in [-0.39, 0.29) is 18.3 Å². The first-order valence-electron chi connectivity index (χ1n) is 6.51. The maximum atomic E-state index is 12.1. The lowest BCUT2D eigenvalue weighted by atomic mass is 9.82. The van der Waals surface area contributed by atoms with Crippen molar-refractivity contribution in [3.8, 4) is 5.88 Å². The van der Waals surface area contributed by atoms with Crippen molar-refractivity contribution in [3.63, 3.8) is 0 Å². The first kappa shape index (κ1) is 15.9. The molecule has 0 fully saturated rings. The van der Waals surface area contributed by atoms with Crippen LogP contribution in [-0.4, -0.2) is 35.6 Å². The van der Waals surface area contributed by atoms with Crippen LogP contribution in [0, 0.1) is 5.41 Å². The van der Waals surface area contributed by atoms with Crippen LogP contribution in [0.4, 0.5) is 0 Å². The van der Waals surface area contributed by atoms with E-state index in [1.807, 2.05) is 0 Å². The summed E-state index contributed by atoms with van der Waals surface area (Å²) >= 11 is 0. The monoisotopic (exact) mass is 280 g/mol. The van der Waals surface area contributed by atoms with E-state index >= 15 is 0 Å². The van der Waals surface area contributed by atoms with Crippen LogP contribution < -0.4 is 10.1 Å². The van der Waals surface area contributed by atoms with Crippen molar-refractivity contribution in [2.24, 2.45) is 5.41 Å². The Kier molecular flexibility index (Phi) is 5.49. The molecule has 6 nitrogen and oxygen atoms in total. The molecule has 0 bridgehead atoms. The largest absolute Gasteiger partial charge is 0.481 e. The van der Waals surface area contributed by atoms with E-state index in [1.54, 1.807) is 26.0 Å². The molecule has 0 aromatic carbocycles. The summed E-state index contributed by atoms with van der Waals surface area (Å²) in [6.45, 7) is 3.68. The Balaban J connectivity index is 2.83. The molecule has 0 saturated carbocycles. The summed E-state index contributed by atoms with van der Waals surface area (Å²) in [5.41, 5.74) is -0.646. The number of amides is 1. The minimum atomic E-state index is -0.939. The first-order chi connectivity index (χ1) is 9.50. The fourth-order valence-corrected chi connectivity index (χ4v) is 1.95. The smallest absolute Gasteiger partial charge is 0.311 e. The van der Waals surface area contributed by atoms with E-state index in [0.717, 1.165) is 0 Å². The van der Waals surface area contributed by atoms with Crippen LogP contribution in [0.15, 0.2) is 18.3 Å². The van der Waals surface area contributed by atoms with Gasteiger partial charge < -0.3 is 15.2 Å². The number of aliphatic carboxylic acids is 1. The average molecular weight is 280 g/mol. The van der Waals surface area contributed by atoms with E-state index in [1.165, 1.54) is 13.3 Å². The lowest BCUT2D eigenvalue weighted by Crippen LogP contribution is -2.42. The highest BCUT2D eigenvalue weighted by Gasteiger charge is 2.35. The second-order valence-corrected chi connectivity index (χ2v) is 4.54. The molecule has 2 N–H and O–H groups in total. The molecule has 0 saturated heterocycles. The molecule has 1 amide bonds. The van der Waals surface area contributed by atoms with Gasteiger partial charge in [0.1, 0.15) is 5.56 Å². The van der Waals surface area contributed by atoms with Crippen LogP contribution in [0.25, 0.3) is 0 Å². The minimum Gasteiger partial charge on any atom is -0.481 e. The number of pyridine rings is 1. The summed E-state index contributed by atoms with van der Waals surface area (Å²) in [7, 11) is 1.43. The number of hydrogen-bond donors (Lipinski definition) is 2. The summed E-state index contributed by atoms with van der Waals surface area (Å²) in [5, 5.41) is 12.0. The number of carboxylic acids is 1. The van der Waals surface area contributed by atoms with Gasteiger partial charge in [-0.05, 0) is 25.0 Å². The van der Waals surface area contributed by atoms with E-state index in [9.17, 15) is 14.7 Å². The van der Waals surface area contributed by atoms with Gasteiger partial charge in [-0.25, -0.2) is 4.98 Å². The van der Waals surface area contributed by atoms with E-state index < -0.39 is 11.4 Å². The Bertz CT molecular complexity index is 484. The number of carboxylic acid groups (broad SMARTS) is 1. The summed E-state index contributed by atoms with van der Waals surface area (Å²) in [6.07, 6.45) is 2.42. The molecular formula is C14H20N2O4. The number of aromatic nitrogens is 1. The van der Waals surface area contributed by atoms with Crippen molar-refractivity contribution >= 4 is 11.9 Å². The highest BCUT2D eigenvalue weighted by molar-refractivity contribution is 5.96. The predicted octanol–water partition coefficient (Wildman–Crippen LogP) is 1.71. The van der Waals surface area contributed by atoms with Crippen molar-refractivity contribution in [3.05, 3.63) is 23.9 Å². The molecule has 0 aliphatic rings. The van der Waals surface area contributed by atoms with Gasteiger partial charge in [-0.3, -0.25) is 9.59 Å². The summed E-state index contributed by atoms with van der Waals surface area (Å²) in [4.78, 5) is 27.4. The molecule has 0 spiro atoms. The number of carbonyl (C=O) groups is 2. The van der Waals surface area contributed by atoms with Crippen molar-refractivity contribution in [1.29, 1.82) is 0 Å². The summed E-state index contributed by atoms with van der Waals surface area (Å²) in [6, 6.07) is 3.21. The lowest BCUT2D eigenvalue weighted by Gasteiger charge is -2.26. The van der Waals surface area contributed by atoms with Crippen molar-refractivity contribution in [1.82, 2.24) is 10.3 Å². The van der Waals surface area contributed by atoms with E-state index in [0.29, 0.717) is 18.4 Å². The molecule has 1 heterocycles. The average Bonchev–Trinajstić information content (AvgIpc) is 2.48. The first-order valence-corrected chi connectivity index (χ1v) is 6.51. The number of ether oxygens (including phenoxy) is 1. The zero-order chi connectivity index (χ0) is 15.2. The normalized spacial score (nSPS) is 10.9. The van der Waals surface area contributed by atoms with Crippen molar-refractivity contribution < 1.29 is 19.4 Å². The number of carbonyl (C=O) groups excluding carboxylic acids is 1. The quantitative estimate of drug-likeness (QED) is 0.793. The molecule has 1 rings (SSSR count). The van der Waals surface area contributed by atoms with Gasteiger partial charge in [-0.1, -0.05) is 13.8 Å². The lowest BCUT2D eigenvalue weighted by molar-refractivity contribution is -0.149. The van der Waals surface area contributed by atoms with Crippen molar-refractivity contribution in [2.45, 2.75) is 26.7 Å². The molecule has 20 heavy (non-hydrogen) atoms. The molecule has 0 aliphatic heterocycles. The number of rotatable bonds is 7. The van der Waals surface area contributed by atoms with Crippen LogP contribution >= 0.6 is 0 Å². The van der Waals surface area contributed by atoms with E-state index in [4.69, 9.17) is 4.74 Å². The summed E-state index contributed by atoms with van der Waals surface area (Å²) in [5.74, 6) is -1.07. The van der Waals surface area contributed by atoms with Crippen LogP contribution in [0.3, 0.4) is 0 Å². The topological polar surface area (TPSA) is 88.5 Å². The molecular weight excluding hydrogens is 260 g/mol. The zero-order valence-corrected chi connectivity index (χ0v) is 12.0. The van der Waals surface area contributed by atoms with Crippen molar-refractivity contribution in [2.75, 3.05) is 13.7 Å². The number of nitrogens with one attached hydrogen (secondary N) is 1. The maximum Gasteiger partial charge on any atom is 0.311 e. The molecule has 0 unspecified atom stereocenters. The van der Waals surface area contributed by atoms with Gasteiger partial charge in [0, 0.05) is 12.7 Å². The van der Waals surface area contributed by atoms with Gasteiger partial charge >= 0.3 is 5.97 Å². The maximum absolute atomic E-state index is 12.1. The third kappa shape index (κ3) is 3.26. The molecule has 110 valence electrons. The second-order valence-electron chi connectivity index (χ2n) is 4.54. The van der Waals surface area contributed by atoms with Crippen LogP contribution in [0.2, 0.25) is 0 Å². The molecule has 0 atom stereocenters. The molecule has 1 aromatic rings. The highest BCUT2D eigenvalue weighted by atomic mass is 16.5. The van der Waals surface area contributed by atoms with Gasteiger partial charge in [0.15, 0.2) is 0 Å². The van der Waals surface area contributed by atoms with E-state index in [2.05, 4.69) is 10.3 Å². The van der Waals surface area contributed by atoms with Gasteiger partial charge in [0.2, 0.25) is 5.88 Å². The Labute approximate surface area is 118 Å². The summed E-state index contributed by atoms with van der Waals surface area (Å²) < 4.78 is 5.01. The third-order valence-electron chi connectivity index (χ3n) is 3.60. The van der Waals surface area contributed by atoms with Gasteiger partial charge in [0.05, 0.1) is 12.5 Å². The predicted molar refractivity (Wildman–Crippen MR) is 73.8 cm³/mol. The molecule has 6 heteroatoms. The van der Waals surface area contributed by atoms with Gasteiger partial charge in [0.25, 0.3) is 5.91 Å². The third-order valence-corrected chi connectivity index (χ3v) is 3.60. The van der Waals surface area contributed by atoms with Crippen LogP contribution in [0.5, 0.6) is 5.88 Å². The van der Waals surface area contributed by atoms with Crippen LogP contribution in [0.1, 0.15) is 37.0 Å². The SMILES string of the molecule is CCC(CC)(CNC(=O)c1cccnc1OC)C(=O)O. The zero-order valence-electron chi connectivity index (χ0n) is 12.0. The fraction of sp³-hybridized carbons (Fsp3) is 0.500. The molecule has 0 aliphatic carbocycles. The molecule has 1 aromatic heterocycles. The van der Waals surface area contributed by atoms with Gasteiger partial charge in [-0.2, -0.15) is 0 Å². The fourth-order valence-electron chi connectivity index (χ4n) is 1.95. The molecule has 0 radical (unpaired) electrons. The Morgan fingerprint density at radius 1 is 1.40 bits per heavy atom. The second kappa shape index (κ2) is 6.88. The Hall–Kier alpha value is -2.11. The Morgan fingerprint density at radius 3 is 2.55 bits per heavy atom. The standard InChI is InChI=1S/C14H20N2O4/c1-4-14(5-2,13(18)19)9-16-11(17)10-7-6-8-15-12(10)20-3/h6-8H,4-5,9H2,1-3H3,(H,16,17)(H,18,19). The number of hydrogen-bond acceptors (Lipinski definition) is 4. The number of nitrogens with zero attached hydrogens (tertiary/aromatic N) is 1. The number of methoxy groups -OCH3 is 1. The van der Waals surface area contributed by atoms with Gasteiger partial charge in [-0.15, -0.1) is 0 Å². The Morgan fingerprint density at radius 2 is 2.05 bits per heavy atom. The van der Waals surface area contributed by atoms with Crippen LogP contribution in [-0.2, 0) is 4.79 Å².